The van der Waals surface area contributed by atoms with Crippen molar-refractivity contribution in [3.63, 3.8) is 0 Å². The summed E-state index contributed by atoms with van der Waals surface area (Å²) in [5.41, 5.74) is 1.75. The second-order valence-corrected chi connectivity index (χ2v) is 4.21. The van der Waals surface area contributed by atoms with E-state index in [9.17, 15) is 5.11 Å². The number of aromatic nitrogens is 1. The van der Waals surface area contributed by atoms with Gasteiger partial charge in [-0.3, -0.25) is 4.98 Å². The third-order valence-corrected chi connectivity index (χ3v) is 3.01. The number of hydrogen-bond acceptors (Lipinski definition) is 4. The summed E-state index contributed by atoms with van der Waals surface area (Å²) in [6.07, 6.45) is 4.99. The van der Waals surface area contributed by atoms with Gasteiger partial charge in [-0.25, -0.2) is 0 Å². The number of alkyl halides is 1. The van der Waals surface area contributed by atoms with Crippen molar-refractivity contribution < 1.29 is 9.84 Å². The second-order valence-electron chi connectivity index (χ2n) is 3.90. The third kappa shape index (κ3) is 2.70. The van der Waals surface area contributed by atoms with E-state index >= 15 is 0 Å². The molecule has 2 atom stereocenters. The summed E-state index contributed by atoms with van der Waals surface area (Å²) < 4.78 is 5.74. The van der Waals surface area contributed by atoms with Crippen LogP contribution in [-0.2, 0) is 4.74 Å². The summed E-state index contributed by atoms with van der Waals surface area (Å²) in [7, 11) is 1.82. The van der Waals surface area contributed by atoms with E-state index in [1.165, 1.54) is 0 Å². The van der Waals surface area contributed by atoms with Crippen LogP contribution >= 0.6 is 11.6 Å². The van der Waals surface area contributed by atoms with Gasteiger partial charge in [-0.15, -0.1) is 11.6 Å². The lowest BCUT2D eigenvalue weighted by Crippen LogP contribution is -2.26. The highest BCUT2D eigenvalue weighted by molar-refractivity contribution is 6.18. The second kappa shape index (κ2) is 5.38. The van der Waals surface area contributed by atoms with Gasteiger partial charge in [0.15, 0.2) is 0 Å². The Hall–Kier alpha value is -1.26. The van der Waals surface area contributed by atoms with Crippen molar-refractivity contribution in [2.45, 2.75) is 18.6 Å². The number of aliphatic hydroxyl groups excluding tert-OH is 1. The Labute approximate surface area is 105 Å². The molecule has 2 heterocycles. The summed E-state index contributed by atoms with van der Waals surface area (Å²) in [6, 6.07) is 1.85. The molecule has 0 bridgehead atoms. The number of halogens is 1. The minimum Gasteiger partial charge on any atom is -0.489 e. The van der Waals surface area contributed by atoms with Gasteiger partial charge in [-0.05, 0) is 12.1 Å². The van der Waals surface area contributed by atoms with Gasteiger partial charge in [0.25, 0.3) is 0 Å². The van der Waals surface area contributed by atoms with Crippen LogP contribution < -0.4 is 5.32 Å². The molecule has 0 amide bonds. The fourth-order valence-corrected chi connectivity index (χ4v) is 2.02. The molecule has 2 rings (SSSR count). The number of pyridine rings is 1. The SMILES string of the molecule is CNc1cnccc1C1=CC(O)CC(CCl)O1. The number of hydrogen-bond donors (Lipinski definition) is 2. The van der Waals surface area contributed by atoms with E-state index in [1.807, 2.05) is 13.1 Å². The third-order valence-electron chi connectivity index (χ3n) is 2.67. The molecule has 1 aromatic heterocycles. The summed E-state index contributed by atoms with van der Waals surface area (Å²) in [5, 5.41) is 12.8. The van der Waals surface area contributed by atoms with Crippen LogP contribution in [0.3, 0.4) is 0 Å². The Kier molecular flexibility index (Phi) is 3.86. The Morgan fingerprint density at radius 1 is 1.65 bits per heavy atom. The van der Waals surface area contributed by atoms with Crippen molar-refractivity contribution in [3.05, 3.63) is 30.1 Å². The Morgan fingerprint density at radius 2 is 2.47 bits per heavy atom. The van der Waals surface area contributed by atoms with E-state index in [0.717, 1.165) is 11.3 Å². The Balaban J connectivity index is 2.32. The number of nitrogens with one attached hydrogen (secondary N) is 1. The van der Waals surface area contributed by atoms with Crippen LogP contribution in [0.2, 0.25) is 0 Å². The fraction of sp³-hybridized carbons (Fsp3) is 0.417. The highest BCUT2D eigenvalue weighted by Crippen LogP contribution is 2.30. The first-order valence-corrected chi connectivity index (χ1v) is 6.02. The molecular formula is C12H15ClN2O2. The average molecular weight is 255 g/mol. The van der Waals surface area contributed by atoms with Crippen LogP contribution in [0.25, 0.3) is 5.76 Å². The van der Waals surface area contributed by atoms with Crippen LogP contribution in [0.1, 0.15) is 12.0 Å². The quantitative estimate of drug-likeness (QED) is 0.809. The molecule has 2 N–H and O–H groups in total. The molecule has 17 heavy (non-hydrogen) atoms. The molecule has 0 radical (unpaired) electrons. The van der Waals surface area contributed by atoms with Gasteiger partial charge in [0.05, 0.1) is 23.9 Å². The molecule has 1 aliphatic heterocycles. The van der Waals surface area contributed by atoms with E-state index < -0.39 is 6.10 Å². The van der Waals surface area contributed by atoms with Gasteiger partial charge in [0, 0.05) is 25.2 Å². The number of aliphatic hydroxyl groups is 1. The number of ether oxygens (including phenoxy) is 1. The minimum atomic E-state index is -0.514. The summed E-state index contributed by atoms with van der Waals surface area (Å²) in [6.45, 7) is 0. The van der Waals surface area contributed by atoms with E-state index in [0.29, 0.717) is 18.1 Å². The molecular weight excluding hydrogens is 240 g/mol. The van der Waals surface area contributed by atoms with Gasteiger partial charge >= 0.3 is 0 Å². The maximum Gasteiger partial charge on any atom is 0.127 e. The Morgan fingerprint density at radius 3 is 3.18 bits per heavy atom. The smallest absolute Gasteiger partial charge is 0.127 e. The molecule has 0 spiro atoms. The largest absolute Gasteiger partial charge is 0.489 e. The maximum absolute atomic E-state index is 9.75. The van der Waals surface area contributed by atoms with Crippen molar-refractivity contribution in [1.82, 2.24) is 4.98 Å². The summed E-state index contributed by atoms with van der Waals surface area (Å²) >= 11 is 5.78. The van der Waals surface area contributed by atoms with Crippen LogP contribution in [0.4, 0.5) is 5.69 Å². The zero-order chi connectivity index (χ0) is 12.3. The van der Waals surface area contributed by atoms with Gasteiger partial charge in [-0.1, -0.05) is 0 Å². The van der Waals surface area contributed by atoms with Crippen LogP contribution in [0.15, 0.2) is 24.5 Å². The molecule has 4 nitrogen and oxygen atoms in total. The zero-order valence-electron chi connectivity index (χ0n) is 9.56. The number of nitrogens with zero attached hydrogens (tertiary/aromatic N) is 1. The van der Waals surface area contributed by atoms with Crippen molar-refractivity contribution in [2.75, 3.05) is 18.2 Å². The molecule has 92 valence electrons. The molecule has 2 unspecified atom stereocenters. The lowest BCUT2D eigenvalue weighted by Gasteiger charge is -2.27. The molecule has 5 heteroatoms. The minimum absolute atomic E-state index is 0.149. The predicted octanol–water partition coefficient (Wildman–Crippen LogP) is 1.85. The molecule has 0 fully saturated rings. The van der Waals surface area contributed by atoms with Crippen molar-refractivity contribution >= 4 is 23.0 Å². The first kappa shape index (κ1) is 12.2. The molecule has 1 aromatic rings. The zero-order valence-corrected chi connectivity index (χ0v) is 10.3. The topological polar surface area (TPSA) is 54.4 Å². The average Bonchev–Trinajstić information content (AvgIpc) is 2.37. The van der Waals surface area contributed by atoms with E-state index in [1.54, 1.807) is 18.5 Å². The van der Waals surface area contributed by atoms with Gasteiger partial charge in [0.1, 0.15) is 11.9 Å². The number of anilines is 1. The maximum atomic E-state index is 9.75. The molecule has 0 aliphatic carbocycles. The first-order chi connectivity index (χ1) is 8.24. The van der Waals surface area contributed by atoms with Gasteiger partial charge < -0.3 is 15.2 Å². The lowest BCUT2D eigenvalue weighted by atomic mass is 10.0. The Bertz CT molecular complexity index is 423. The standard InChI is InChI=1S/C12H15ClN2O2/c1-14-11-7-15-3-2-10(11)12-5-8(16)4-9(6-13)17-12/h2-3,5,7-9,14,16H,4,6H2,1H3. The van der Waals surface area contributed by atoms with Crippen LogP contribution in [-0.4, -0.2) is 35.2 Å². The van der Waals surface area contributed by atoms with Crippen molar-refractivity contribution in [2.24, 2.45) is 0 Å². The predicted molar refractivity (Wildman–Crippen MR) is 68.0 cm³/mol. The first-order valence-electron chi connectivity index (χ1n) is 5.49. The van der Waals surface area contributed by atoms with Gasteiger partial charge in [0.2, 0.25) is 0 Å². The van der Waals surface area contributed by atoms with Gasteiger partial charge in [-0.2, -0.15) is 0 Å². The van der Waals surface area contributed by atoms with E-state index in [2.05, 4.69) is 10.3 Å². The van der Waals surface area contributed by atoms with E-state index in [-0.39, 0.29) is 6.10 Å². The number of rotatable bonds is 3. The molecule has 0 aromatic carbocycles. The summed E-state index contributed by atoms with van der Waals surface area (Å²) in [5.74, 6) is 1.02. The monoisotopic (exact) mass is 254 g/mol. The van der Waals surface area contributed by atoms with Crippen LogP contribution in [0, 0.1) is 0 Å². The fourth-order valence-electron chi connectivity index (χ4n) is 1.84. The van der Waals surface area contributed by atoms with Crippen molar-refractivity contribution in [3.8, 4) is 0 Å². The van der Waals surface area contributed by atoms with Crippen molar-refractivity contribution in [1.29, 1.82) is 0 Å². The van der Waals surface area contributed by atoms with E-state index in [4.69, 9.17) is 16.3 Å². The van der Waals surface area contributed by atoms with Crippen LogP contribution in [0.5, 0.6) is 0 Å². The summed E-state index contributed by atoms with van der Waals surface area (Å²) in [4.78, 5) is 4.04. The molecule has 1 aliphatic rings. The highest BCUT2D eigenvalue weighted by atomic mass is 35.5. The lowest BCUT2D eigenvalue weighted by molar-refractivity contribution is 0.0940. The normalized spacial score (nSPS) is 23.8. The molecule has 0 saturated heterocycles. The highest BCUT2D eigenvalue weighted by Gasteiger charge is 2.23. The molecule has 0 saturated carbocycles.